The van der Waals surface area contributed by atoms with Gasteiger partial charge in [-0.05, 0) is 18.6 Å². The molecule has 0 radical (unpaired) electrons. The van der Waals surface area contributed by atoms with Gasteiger partial charge in [-0.15, -0.1) is 0 Å². The highest BCUT2D eigenvalue weighted by Crippen LogP contribution is 2.02. The summed E-state index contributed by atoms with van der Waals surface area (Å²) in [6.07, 6.45) is 3.76. The van der Waals surface area contributed by atoms with E-state index in [9.17, 15) is 4.79 Å². The quantitative estimate of drug-likeness (QED) is 0.748. The monoisotopic (exact) mass is 209 g/mol. The molecule has 3 nitrogen and oxygen atoms in total. The van der Waals surface area contributed by atoms with Crippen molar-refractivity contribution in [2.24, 2.45) is 5.73 Å². The van der Waals surface area contributed by atoms with Crippen molar-refractivity contribution < 1.29 is 9.90 Å². The van der Waals surface area contributed by atoms with Gasteiger partial charge < -0.3 is 10.8 Å². The van der Waals surface area contributed by atoms with Crippen molar-refractivity contribution >= 4 is 5.91 Å². The fourth-order valence-corrected chi connectivity index (χ4v) is 0.977. The van der Waals surface area contributed by atoms with E-state index in [-0.39, 0.29) is 5.91 Å². The van der Waals surface area contributed by atoms with Crippen LogP contribution in [0.1, 0.15) is 32.6 Å². The van der Waals surface area contributed by atoms with Gasteiger partial charge in [-0.3, -0.25) is 4.79 Å². The van der Waals surface area contributed by atoms with Gasteiger partial charge in [0.2, 0.25) is 5.91 Å². The zero-order valence-corrected chi connectivity index (χ0v) is 9.15. The number of rotatable bonds is 4. The van der Waals surface area contributed by atoms with Crippen LogP contribution in [0.15, 0.2) is 30.3 Å². The van der Waals surface area contributed by atoms with E-state index < -0.39 is 0 Å². The lowest BCUT2D eigenvalue weighted by Gasteiger charge is -1.90. The summed E-state index contributed by atoms with van der Waals surface area (Å²) >= 11 is 0. The second-order valence-electron chi connectivity index (χ2n) is 3.26. The highest BCUT2D eigenvalue weighted by molar-refractivity contribution is 5.73. The molecule has 0 bridgehead atoms. The standard InChI is InChI=1S/C6H13NO.C6H6O/c1-2-3-4-5-6(7)8;7-6-4-2-1-3-5-6/h2-5H2,1H3,(H2,7,8);1-5,7H. The Morgan fingerprint density at radius 1 is 1.27 bits per heavy atom. The highest BCUT2D eigenvalue weighted by atomic mass is 16.3. The van der Waals surface area contributed by atoms with Crippen molar-refractivity contribution in [1.29, 1.82) is 0 Å². The molecule has 1 aromatic rings. The minimum absolute atomic E-state index is 0.182. The summed E-state index contributed by atoms with van der Waals surface area (Å²) in [5.41, 5.74) is 4.89. The number of carbonyl (C=O) groups is 1. The van der Waals surface area contributed by atoms with Crippen LogP contribution in [0, 0.1) is 0 Å². The van der Waals surface area contributed by atoms with E-state index in [1.807, 2.05) is 6.07 Å². The molecule has 0 fully saturated rings. The van der Waals surface area contributed by atoms with Crippen LogP contribution < -0.4 is 5.73 Å². The number of amides is 1. The lowest BCUT2D eigenvalue weighted by atomic mass is 10.2. The molecule has 1 amide bonds. The molecule has 0 aliphatic carbocycles. The molecule has 1 rings (SSSR count). The Morgan fingerprint density at radius 2 is 1.87 bits per heavy atom. The summed E-state index contributed by atoms with van der Waals surface area (Å²) in [4.78, 5) is 10.1. The first kappa shape index (κ1) is 13.5. The summed E-state index contributed by atoms with van der Waals surface area (Å²) in [7, 11) is 0. The Balaban J connectivity index is 0.000000262. The van der Waals surface area contributed by atoms with Gasteiger partial charge in [-0.2, -0.15) is 0 Å². The third kappa shape index (κ3) is 10.4. The minimum Gasteiger partial charge on any atom is -0.508 e. The number of phenolic OH excluding ortho intramolecular Hbond substituents is 1. The minimum atomic E-state index is -0.182. The van der Waals surface area contributed by atoms with Crippen molar-refractivity contribution in [3.8, 4) is 5.75 Å². The summed E-state index contributed by atoms with van der Waals surface area (Å²) in [5.74, 6) is 0.140. The van der Waals surface area contributed by atoms with Crippen LogP contribution in [0.5, 0.6) is 5.75 Å². The van der Waals surface area contributed by atoms with Crippen LogP contribution in [0.3, 0.4) is 0 Å². The van der Waals surface area contributed by atoms with Gasteiger partial charge in [0.15, 0.2) is 0 Å². The van der Waals surface area contributed by atoms with Crippen LogP contribution in [0.25, 0.3) is 0 Å². The summed E-state index contributed by atoms with van der Waals surface area (Å²) in [5, 5.41) is 8.63. The smallest absolute Gasteiger partial charge is 0.217 e. The molecule has 3 heteroatoms. The van der Waals surface area contributed by atoms with Gasteiger partial charge in [0.05, 0.1) is 0 Å². The van der Waals surface area contributed by atoms with Crippen LogP contribution >= 0.6 is 0 Å². The van der Waals surface area contributed by atoms with Crippen LogP contribution in [0.2, 0.25) is 0 Å². The summed E-state index contributed by atoms with van der Waals surface area (Å²) < 4.78 is 0. The van der Waals surface area contributed by atoms with Crippen LogP contribution in [-0.2, 0) is 4.79 Å². The highest BCUT2D eigenvalue weighted by Gasteiger charge is 1.90. The fraction of sp³-hybridized carbons (Fsp3) is 0.417. The third-order valence-corrected chi connectivity index (χ3v) is 1.78. The van der Waals surface area contributed by atoms with Crippen LogP contribution in [0.4, 0.5) is 0 Å². The SMILES string of the molecule is CCCCCC(N)=O.Oc1ccccc1. The van der Waals surface area contributed by atoms with Crippen molar-refractivity contribution in [1.82, 2.24) is 0 Å². The topological polar surface area (TPSA) is 63.3 Å². The number of aromatic hydroxyl groups is 1. The van der Waals surface area contributed by atoms with Crippen molar-refractivity contribution in [2.45, 2.75) is 32.6 Å². The zero-order valence-electron chi connectivity index (χ0n) is 9.15. The molecular weight excluding hydrogens is 190 g/mol. The van der Waals surface area contributed by atoms with E-state index in [2.05, 4.69) is 6.92 Å². The van der Waals surface area contributed by atoms with Crippen molar-refractivity contribution in [2.75, 3.05) is 0 Å². The lowest BCUT2D eigenvalue weighted by Crippen LogP contribution is -2.09. The number of primary amides is 1. The normalized spacial score (nSPS) is 8.87. The van der Waals surface area contributed by atoms with Gasteiger partial charge in [0.25, 0.3) is 0 Å². The number of hydrogen-bond acceptors (Lipinski definition) is 2. The average Bonchev–Trinajstić information content (AvgIpc) is 2.20. The predicted octanol–water partition coefficient (Wildman–Crippen LogP) is 2.44. The third-order valence-electron chi connectivity index (χ3n) is 1.78. The number of phenols is 1. The maximum atomic E-state index is 10.1. The molecule has 0 saturated heterocycles. The number of unbranched alkanes of at least 4 members (excludes halogenated alkanes) is 2. The van der Waals surface area contributed by atoms with Gasteiger partial charge in [0.1, 0.15) is 5.75 Å². The molecule has 0 saturated carbocycles. The van der Waals surface area contributed by atoms with Crippen molar-refractivity contribution in [3.05, 3.63) is 30.3 Å². The number of para-hydroxylation sites is 1. The lowest BCUT2D eigenvalue weighted by molar-refractivity contribution is -0.118. The van der Waals surface area contributed by atoms with Crippen LogP contribution in [-0.4, -0.2) is 11.0 Å². The summed E-state index contributed by atoms with van der Waals surface area (Å²) in [6, 6.07) is 8.71. The van der Waals surface area contributed by atoms with Gasteiger partial charge in [0, 0.05) is 6.42 Å². The molecular formula is C12H19NO2. The molecule has 0 aliphatic heterocycles. The number of hydrogen-bond donors (Lipinski definition) is 2. The zero-order chi connectivity index (χ0) is 11.5. The molecule has 0 aliphatic rings. The van der Waals surface area contributed by atoms with E-state index in [4.69, 9.17) is 10.8 Å². The molecule has 0 heterocycles. The van der Waals surface area contributed by atoms with E-state index in [1.54, 1.807) is 24.3 Å². The Morgan fingerprint density at radius 3 is 2.20 bits per heavy atom. The number of benzene rings is 1. The Kier molecular flexibility index (Phi) is 8.15. The van der Waals surface area contributed by atoms with Gasteiger partial charge in [-0.25, -0.2) is 0 Å². The maximum Gasteiger partial charge on any atom is 0.217 e. The number of nitrogens with two attached hydrogens (primary N) is 1. The molecule has 0 unspecified atom stereocenters. The van der Waals surface area contributed by atoms with E-state index in [0.717, 1.165) is 19.3 Å². The fourth-order valence-electron chi connectivity index (χ4n) is 0.977. The van der Waals surface area contributed by atoms with Gasteiger partial charge >= 0.3 is 0 Å². The maximum absolute atomic E-state index is 10.1. The first-order valence-electron chi connectivity index (χ1n) is 5.19. The van der Waals surface area contributed by atoms with Gasteiger partial charge in [-0.1, -0.05) is 38.0 Å². The molecule has 15 heavy (non-hydrogen) atoms. The molecule has 0 aromatic heterocycles. The van der Waals surface area contributed by atoms with E-state index in [0.29, 0.717) is 12.2 Å². The Bertz CT molecular complexity index is 260. The average molecular weight is 209 g/mol. The molecule has 0 spiro atoms. The first-order valence-corrected chi connectivity index (χ1v) is 5.19. The first-order chi connectivity index (χ1) is 7.16. The molecule has 0 atom stereocenters. The molecule has 1 aromatic carbocycles. The largest absolute Gasteiger partial charge is 0.508 e. The van der Waals surface area contributed by atoms with E-state index in [1.165, 1.54) is 0 Å². The second-order valence-corrected chi connectivity index (χ2v) is 3.26. The predicted molar refractivity (Wildman–Crippen MR) is 61.4 cm³/mol. The summed E-state index contributed by atoms with van der Waals surface area (Å²) in [6.45, 7) is 2.10. The second kappa shape index (κ2) is 9.06. The van der Waals surface area contributed by atoms with Crippen molar-refractivity contribution in [3.63, 3.8) is 0 Å². The molecule has 3 N–H and O–H groups in total. The number of carbonyl (C=O) groups excluding carboxylic acids is 1. The Labute approximate surface area is 90.9 Å². The van der Waals surface area contributed by atoms with E-state index >= 15 is 0 Å². The Hall–Kier alpha value is -1.51. The molecule has 84 valence electrons.